The van der Waals surface area contributed by atoms with E-state index in [2.05, 4.69) is 129 Å². The van der Waals surface area contributed by atoms with Crippen LogP contribution < -0.4 is 0 Å². The predicted octanol–water partition coefficient (Wildman–Crippen LogP) is 10.0. The van der Waals surface area contributed by atoms with Crippen LogP contribution >= 0.6 is 11.6 Å². The van der Waals surface area contributed by atoms with E-state index >= 15 is 0 Å². The maximum atomic E-state index is 6.89. The summed E-state index contributed by atoms with van der Waals surface area (Å²) < 4.78 is 2.47. The molecule has 1 heterocycles. The third-order valence-electron chi connectivity index (χ3n) is 9.21. The van der Waals surface area contributed by atoms with E-state index in [-0.39, 0.29) is 10.8 Å². The van der Waals surface area contributed by atoms with Crippen LogP contribution in [0, 0.1) is 0 Å². The molecule has 0 saturated carbocycles. The van der Waals surface area contributed by atoms with Crippen LogP contribution in [0.4, 0.5) is 0 Å². The Bertz CT molecular complexity index is 1990. The maximum absolute atomic E-state index is 6.89. The zero-order valence-corrected chi connectivity index (χ0v) is 22.8. The largest absolute Gasteiger partial charge is 0.309 e. The van der Waals surface area contributed by atoms with E-state index in [1.165, 1.54) is 72.0 Å². The lowest BCUT2D eigenvalue weighted by molar-refractivity contribution is 0.656. The number of nitrogens with zero attached hydrogens (tertiary/aromatic N) is 1. The number of benzene rings is 5. The monoisotopic (exact) mass is 509 g/mol. The Morgan fingerprint density at radius 3 is 1.92 bits per heavy atom. The third kappa shape index (κ3) is 2.63. The highest BCUT2D eigenvalue weighted by atomic mass is 35.5. The molecular formula is C36H28ClN. The second kappa shape index (κ2) is 7.18. The molecule has 2 aliphatic rings. The maximum Gasteiger partial charge on any atom is 0.0547 e. The van der Waals surface area contributed by atoms with Crippen LogP contribution in [-0.4, -0.2) is 4.57 Å². The van der Waals surface area contributed by atoms with E-state index in [1.54, 1.807) is 0 Å². The van der Waals surface area contributed by atoms with Crippen LogP contribution in [0.3, 0.4) is 0 Å². The van der Waals surface area contributed by atoms with E-state index in [0.717, 1.165) is 5.02 Å². The fraction of sp³-hybridized carbons (Fsp3) is 0.167. The molecule has 6 aromatic rings. The molecule has 184 valence electrons. The van der Waals surface area contributed by atoms with Gasteiger partial charge in [0.25, 0.3) is 0 Å². The second-order valence-corrected chi connectivity index (χ2v) is 12.4. The van der Waals surface area contributed by atoms with Gasteiger partial charge >= 0.3 is 0 Å². The van der Waals surface area contributed by atoms with Gasteiger partial charge in [-0.05, 0) is 74.8 Å². The molecule has 8 rings (SSSR count). The molecule has 0 spiro atoms. The average Bonchev–Trinajstić information content (AvgIpc) is 3.44. The topological polar surface area (TPSA) is 4.93 Å². The number of hydrogen-bond donors (Lipinski definition) is 0. The van der Waals surface area contributed by atoms with Crippen molar-refractivity contribution in [3.05, 3.63) is 124 Å². The number of halogens is 1. The van der Waals surface area contributed by atoms with Crippen molar-refractivity contribution >= 4 is 33.4 Å². The Kier molecular flexibility index (Phi) is 4.20. The number of rotatable bonds is 1. The van der Waals surface area contributed by atoms with Gasteiger partial charge in [-0.25, -0.2) is 0 Å². The minimum absolute atomic E-state index is 0.0374. The number of fused-ring (bicyclic) bond motifs is 9. The fourth-order valence-electron chi connectivity index (χ4n) is 7.46. The molecule has 1 aromatic heterocycles. The molecule has 0 bridgehead atoms. The molecule has 0 aliphatic heterocycles. The van der Waals surface area contributed by atoms with E-state index in [1.807, 2.05) is 0 Å². The SMILES string of the molecule is CC1(C)c2ccccc2-c2cc3c(cc21)c1ccccc1n3-c1cc(Cl)cc2c1C(C)(C)c1ccccc1-2. The quantitative estimate of drug-likeness (QED) is 0.208. The van der Waals surface area contributed by atoms with Gasteiger partial charge in [0.2, 0.25) is 0 Å². The summed E-state index contributed by atoms with van der Waals surface area (Å²) in [6.45, 7) is 9.40. The van der Waals surface area contributed by atoms with E-state index in [4.69, 9.17) is 11.6 Å². The Morgan fingerprint density at radius 1 is 0.526 bits per heavy atom. The second-order valence-electron chi connectivity index (χ2n) is 12.0. The molecule has 0 amide bonds. The first-order chi connectivity index (χ1) is 18.3. The Labute approximate surface area is 228 Å². The van der Waals surface area contributed by atoms with Gasteiger partial charge in [-0.2, -0.15) is 0 Å². The van der Waals surface area contributed by atoms with Crippen molar-refractivity contribution in [3.63, 3.8) is 0 Å². The molecule has 0 fully saturated rings. The summed E-state index contributed by atoms with van der Waals surface area (Å²) in [5.74, 6) is 0. The van der Waals surface area contributed by atoms with Gasteiger partial charge in [-0.15, -0.1) is 0 Å². The summed E-state index contributed by atoms with van der Waals surface area (Å²) in [7, 11) is 0. The Balaban J connectivity index is 1.53. The summed E-state index contributed by atoms with van der Waals surface area (Å²) >= 11 is 6.89. The molecule has 0 N–H and O–H groups in total. The molecule has 0 saturated heterocycles. The first-order valence-corrected chi connectivity index (χ1v) is 13.8. The average molecular weight is 510 g/mol. The lowest BCUT2D eigenvalue weighted by Gasteiger charge is -2.26. The van der Waals surface area contributed by atoms with Crippen molar-refractivity contribution in [1.29, 1.82) is 0 Å². The fourth-order valence-corrected chi connectivity index (χ4v) is 7.67. The summed E-state index contributed by atoms with van der Waals surface area (Å²) in [6, 6.07) is 35.7. The first-order valence-electron chi connectivity index (χ1n) is 13.4. The van der Waals surface area contributed by atoms with Crippen molar-refractivity contribution in [1.82, 2.24) is 4.57 Å². The van der Waals surface area contributed by atoms with Gasteiger partial charge in [0.05, 0.1) is 16.7 Å². The molecular weight excluding hydrogens is 482 g/mol. The zero-order chi connectivity index (χ0) is 26.0. The van der Waals surface area contributed by atoms with Gasteiger partial charge < -0.3 is 4.57 Å². The zero-order valence-electron chi connectivity index (χ0n) is 22.1. The van der Waals surface area contributed by atoms with Gasteiger partial charge in [0.15, 0.2) is 0 Å². The number of aromatic nitrogens is 1. The van der Waals surface area contributed by atoms with Crippen LogP contribution in [0.1, 0.15) is 49.9 Å². The minimum atomic E-state index is -0.144. The molecule has 5 aromatic carbocycles. The first kappa shape index (κ1) is 22.2. The molecule has 38 heavy (non-hydrogen) atoms. The normalized spacial score (nSPS) is 15.9. The molecule has 2 aliphatic carbocycles. The van der Waals surface area contributed by atoms with Crippen molar-refractivity contribution in [3.8, 4) is 27.9 Å². The Hall–Kier alpha value is -3.81. The lowest BCUT2D eigenvalue weighted by Crippen LogP contribution is -2.18. The van der Waals surface area contributed by atoms with Crippen LogP contribution in [-0.2, 0) is 10.8 Å². The molecule has 1 nitrogen and oxygen atoms in total. The molecule has 2 heteroatoms. The highest BCUT2D eigenvalue weighted by molar-refractivity contribution is 6.31. The van der Waals surface area contributed by atoms with Crippen LogP contribution in [0.2, 0.25) is 5.02 Å². The summed E-state index contributed by atoms with van der Waals surface area (Å²) in [5, 5.41) is 3.34. The van der Waals surface area contributed by atoms with Gasteiger partial charge in [-0.1, -0.05) is 106 Å². The van der Waals surface area contributed by atoms with Crippen LogP contribution in [0.25, 0.3) is 49.7 Å². The van der Waals surface area contributed by atoms with Crippen molar-refractivity contribution in [2.45, 2.75) is 38.5 Å². The molecule has 0 atom stereocenters. The van der Waals surface area contributed by atoms with E-state index < -0.39 is 0 Å². The van der Waals surface area contributed by atoms with E-state index in [0.29, 0.717) is 0 Å². The van der Waals surface area contributed by atoms with Crippen molar-refractivity contribution in [2.24, 2.45) is 0 Å². The molecule has 0 unspecified atom stereocenters. The Morgan fingerprint density at radius 2 is 1.16 bits per heavy atom. The number of hydrogen-bond acceptors (Lipinski definition) is 0. The summed E-state index contributed by atoms with van der Waals surface area (Å²) in [5.41, 5.74) is 14.1. The third-order valence-corrected chi connectivity index (χ3v) is 9.43. The number of para-hydroxylation sites is 1. The van der Waals surface area contributed by atoms with Crippen LogP contribution in [0.15, 0.2) is 97.1 Å². The summed E-state index contributed by atoms with van der Waals surface area (Å²) in [4.78, 5) is 0. The van der Waals surface area contributed by atoms with Gasteiger partial charge in [0.1, 0.15) is 0 Å². The highest BCUT2D eigenvalue weighted by Gasteiger charge is 2.39. The molecule has 0 radical (unpaired) electrons. The minimum Gasteiger partial charge on any atom is -0.309 e. The van der Waals surface area contributed by atoms with Crippen LogP contribution in [0.5, 0.6) is 0 Å². The lowest BCUT2D eigenvalue weighted by atomic mass is 9.81. The predicted molar refractivity (Wildman–Crippen MR) is 161 cm³/mol. The van der Waals surface area contributed by atoms with Gasteiger partial charge in [-0.3, -0.25) is 0 Å². The van der Waals surface area contributed by atoms with E-state index in [9.17, 15) is 0 Å². The highest BCUT2D eigenvalue weighted by Crippen LogP contribution is 2.54. The van der Waals surface area contributed by atoms with Gasteiger partial charge in [0, 0.05) is 26.6 Å². The standard InChI is InChI=1S/C36H28ClN/c1-35(2)28-14-8-5-11-22(28)25-20-32-26(19-30(25)35)24-13-7-10-16-31(24)38(32)33-18-21(37)17-27-23-12-6-9-15-29(23)36(3,4)34(27)33/h5-20H,1-4H3. The summed E-state index contributed by atoms with van der Waals surface area (Å²) in [6.07, 6.45) is 0. The van der Waals surface area contributed by atoms with Crippen molar-refractivity contribution < 1.29 is 0 Å². The van der Waals surface area contributed by atoms with Crippen molar-refractivity contribution in [2.75, 3.05) is 0 Å². The smallest absolute Gasteiger partial charge is 0.0547 e.